The monoisotopic (exact) mass is 294 g/mol. The van der Waals surface area contributed by atoms with Gasteiger partial charge < -0.3 is 15.2 Å². The van der Waals surface area contributed by atoms with E-state index >= 15 is 0 Å². The van der Waals surface area contributed by atoms with Crippen molar-refractivity contribution in [2.24, 2.45) is 5.92 Å². The van der Waals surface area contributed by atoms with Gasteiger partial charge in [0.15, 0.2) is 0 Å². The Bertz CT molecular complexity index is 538. The van der Waals surface area contributed by atoms with Gasteiger partial charge in [-0.1, -0.05) is 0 Å². The summed E-state index contributed by atoms with van der Waals surface area (Å²) >= 11 is 0. The maximum absolute atomic E-state index is 11.1. The Balaban J connectivity index is 2.06. The molecule has 0 spiro atoms. The van der Waals surface area contributed by atoms with Gasteiger partial charge in [0.25, 0.3) is 5.69 Å². The molecule has 0 atom stereocenters. The number of carboxylic acids is 1. The molecule has 0 amide bonds. The number of carboxylic acid groups (broad SMARTS) is 1. The summed E-state index contributed by atoms with van der Waals surface area (Å²) in [5, 5.41) is 23.2. The molecule has 0 bridgehead atoms. The zero-order valence-electron chi connectivity index (χ0n) is 11.7. The molecule has 1 aliphatic rings. The molecule has 0 unspecified atom stereocenters. The van der Waals surface area contributed by atoms with E-state index in [0.29, 0.717) is 37.1 Å². The molecule has 0 saturated heterocycles. The van der Waals surface area contributed by atoms with Gasteiger partial charge in [0.2, 0.25) is 0 Å². The second kappa shape index (κ2) is 6.43. The van der Waals surface area contributed by atoms with Crippen LogP contribution in [-0.2, 0) is 4.79 Å². The maximum Gasteiger partial charge on any atom is 0.306 e. The van der Waals surface area contributed by atoms with Crippen molar-refractivity contribution >= 4 is 17.3 Å². The van der Waals surface area contributed by atoms with Crippen molar-refractivity contribution in [3.63, 3.8) is 0 Å². The lowest BCUT2D eigenvalue weighted by molar-refractivity contribution is -0.384. The minimum Gasteiger partial charge on any atom is -0.496 e. The first-order valence-electron chi connectivity index (χ1n) is 6.83. The molecule has 1 saturated carbocycles. The topological polar surface area (TPSA) is 102 Å². The van der Waals surface area contributed by atoms with E-state index in [-0.39, 0.29) is 17.6 Å². The highest BCUT2D eigenvalue weighted by molar-refractivity contribution is 5.70. The van der Waals surface area contributed by atoms with Crippen molar-refractivity contribution in [1.29, 1.82) is 0 Å². The molecule has 114 valence electrons. The number of carbonyl (C=O) groups is 1. The summed E-state index contributed by atoms with van der Waals surface area (Å²) in [7, 11) is 1.46. The molecular formula is C14H18N2O5. The molecule has 1 aromatic carbocycles. The number of nitrogens with zero attached hydrogens (tertiary/aromatic N) is 1. The number of rotatable bonds is 5. The van der Waals surface area contributed by atoms with Gasteiger partial charge in [-0.2, -0.15) is 0 Å². The molecule has 0 aromatic heterocycles. The molecule has 2 rings (SSSR count). The largest absolute Gasteiger partial charge is 0.496 e. The van der Waals surface area contributed by atoms with Gasteiger partial charge in [0, 0.05) is 6.04 Å². The fourth-order valence-corrected chi connectivity index (χ4v) is 2.62. The summed E-state index contributed by atoms with van der Waals surface area (Å²) in [6.07, 6.45) is 2.58. The Hall–Kier alpha value is -2.31. The van der Waals surface area contributed by atoms with E-state index in [9.17, 15) is 14.9 Å². The number of benzene rings is 1. The molecule has 0 radical (unpaired) electrons. The van der Waals surface area contributed by atoms with E-state index in [0.717, 1.165) is 0 Å². The summed E-state index contributed by atoms with van der Waals surface area (Å²) in [6.45, 7) is 0. The second-order valence-corrected chi connectivity index (χ2v) is 5.17. The molecule has 21 heavy (non-hydrogen) atoms. The van der Waals surface area contributed by atoms with Gasteiger partial charge in [-0.25, -0.2) is 0 Å². The lowest BCUT2D eigenvalue weighted by Crippen LogP contribution is -2.29. The van der Waals surface area contributed by atoms with Gasteiger partial charge in [-0.05, 0) is 37.8 Å². The number of anilines is 1. The van der Waals surface area contributed by atoms with Gasteiger partial charge in [0.1, 0.15) is 11.4 Å². The highest BCUT2D eigenvalue weighted by atomic mass is 16.6. The van der Waals surface area contributed by atoms with Crippen LogP contribution in [0.5, 0.6) is 5.75 Å². The first kappa shape index (κ1) is 15.1. The third-order valence-electron chi connectivity index (χ3n) is 3.84. The van der Waals surface area contributed by atoms with Crippen LogP contribution >= 0.6 is 0 Å². The summed E-state index contributed by atoms with van der Waals surface area (Å²) in [6, 6.07) is 4.73. The molecule has 7 heteroatoms. The van der Waals surface area contributed by atoms with Crippen molar-refractivity contribution in [3.05, 3.63) is 28.3 Å². The number of nitrogens with one attached hydrogen (secondary N) is 1. The predicted molar refractivity (Wildman–Crippen MR) is 76.7 cm³/mol. The van der Waals surface area contributed by atoms with Gasteiger partial charge in [-0.3, -0.25) is 14.9 Å². The highest BCUT2D eigenvalue weighted by Crippen LogP contribution is 2.32. The summed E-state index contributed by atoms with van der Waals surface area (Å²) < 4.78 is 4.99. The van der Waals surface area contributed by atoms with Crippen LogP contribution in [0.25, 0.3) is 0 Å². The second-order valence-electron chi connectivity index (χ2n) is 5.17. The van der Waals surface area contributed by atoms with E-state index < -0.39 is 10.9 Å². The van der Waals surface area contributed by atoms with Crippen LogP contribution in [0.1, 0.15) is 25.7 Å². The van der Waals surface area contributed by atoms with E-state index in [1.165, 1.54) is 13.2 Å². The Morgan fingerprint density at radius 1 is 1.38 bits per heavy atom. The Kier molecular flexibility index (Phi) is 4.62. The molecule has 0 aliphatic heterocycles. The van der Waals surface area contributed by atoms with Gasteiger partial charge >= 0.3 is 5.97 Å². The van der Waals surface area contributed by atoms with Crippen LogP contribution in [0.2, 0.25) is 0 Å². The summed E-state index contributed by atoms with van der Waals surface area (Å²) in [5.74, 6) is -0.625. The average Bonchev–Trinajstić information content (AvgIpc) is 2.48. The number of methoxy groups -OCH3 is 1. The average molecular weight is 294 g/mol. The van der Waals surface area contributed by atoms with Crippen molar-refractivity contribution in [1.82, 2.24) is 0 Å². The van der Waals surface area contributed by atoms with Gasteiger partial charge in [-0.15, -0.1) is 0 Å². The van der Waals surface area contributed by atoms with Crippen LogP contribution in [0.15, 0.2) is 18.2 Å². The van der Waals surface area contributed by atoms with Crippen LogP contribution in [-0.4, -0.2) is 29.2 Å². The Morgan fingerprint density at radius 2 is 2.05 bits per heavy atom. The lowest BCUT2D eigenvalue weighted by atomic mass is 9.86. The first-order valence-corrected chi connectivity index (χ1v) is 6.83. The minimum absolute atomic E-state index is 0.0327. The molecular weight excluding hydrogens is 276 g/mol. The summed E-state index contributed by atoms with van der Waals surface area (Å²) in [5.41, 5.74) is 0.411. The van der Waals surface area contributed by atoms with E-state index in [1.54, 1.807) is 12.1 Å². The van der Waals surface area contributed by atoms with Crippen LogP contribution < -0.4 is 10.1 Å². The summed E-state index contributed by atoms with van der Waals surface area (Å²) in [4.78, 5) is 21.6. The van der Waals surface area contributed by atoms with Crippen molar-refractivity contribution in [3.8, 4) is 5.75 Å². The third-order valence-corrected chi connectivity index (χ3v) is 3.84. The van der Waals surface area contributed by atoms with Crippen molar-refractivity contribution in [2.75, 3.05) is 12.4 Å². The quantitative estimate of drug-likeness (QED) is 0.639. The molecule has 1 aliphatic carbocycles. The number of aliphatic carboxylic acids is 1. The number of hydrogen-bond donors (Lipinski definition) is 2. The zero-order valence-corrected chi connectivity index (χ0v) is 11.7. The first-order chi connectivity index (χ1) is 10.0. The molecule has 0 heterocycles. The van der Waals surface area contributed by atoms with E-state index in [4.69, 9.17) is 9.84 Å². The molecule has 1 fully saturated rings. The highest BCUT2D eigenvalue weighted by Gasteiger charge is 2.27. The fourth-order valence-electron chi connectivity index (χ4n) is 2.62. The Labute approximate surface area is 122 Å². The fraction of sp³-hybridized carbons (Fsp3) is 0.500. The van der Waals surface area contributed by atoms with Crippen LogP contribution in [0.4, 0.5) is 11.4 Å². The van der Waals surface area contributed by atoms with Crippen LogP contribution in [0.3, 0.4) is 0 Å². The number of ether oxygens (including phenoxy) is 1. The normalized spacial score (nSPS) is 21.6. The molecule has 2 N–H and O–H groups in total. The number of nitro benzene ring substituents is 1. The minimum atomic E-state index is -0.760. The van der Waals surface area contributed by atoms with Crippen molar-refractivity contribution in [2.45, 2.75) is 31.7 Å². The van der Waals surface area contributed by atoms with E-state index in [2.05, 4.69) is 5.32 Å². The standard InChI is InChI=1S/C14H18N2O5/c1-21-11-6-7-12(13(8-11)16(19)20)15-10-4-2-9(3-5-10)14(17)18/h6-10,15H,2-5H2,1H3,(H,17,18). The maximum atomic E-state index is 11.1. The zero-order chi connectivity index (χ0) is 15.4. The molecule has 7 nitrogen and oxygen atoms in total. The molecule has 1 aromatic rings. The number of nitro groups is 1. The number of hydrogen-bond acceptors (Lipinski definition) is 5. The smallest absolute Gasteiger partial charge is 0.306 e. The Morgan fingerprint density at radius 3 is 2.57 bits per heavy atom. The van der Waals surface area contributed by atoms with Crippen LogP contribution in [0, 0.1) is 16.0 Å². The van der Waals surface area contributed by atoms with E-state index in [1.807, 2.05) is 0 Å². The van der Waals surface area contributed by atoms with Crippen molar-refractivity contribution < 1.29 is 19.6 Å². The lowest BCUT2D eigenvalue weighted by Gasteiger charge is -2.27. The predicted octanol–water partition coefficient (Wildman–Crippen LogP) is 2.66. The van der Waals surface area contributed by atoms with Gasteiger partial charge in [0.05, 0.1) is 24.0 Å². The third kappa shape index (κ3) is 3.62. The SMILES string of the molecule is COc1ccc(NC2CCC(C(=O)O)CC2)c([N+](=O)[O-])c1.